The Morgan fingerprint density at radius 2 is 1.84 bits per heavy atom. The summed E-state index contributed by atoms with van der Waals surface area (Å²) in [7, 11) is 0. The maximum Gasteiger partial charge on any atom is 0.405 e. The van der Waals surface area contributed by atoms with Gasteiger partial charge in [0, 0.05) is 29.4 Å². The maximum atomic E-state index is 12.4. The van der Waals surface area contributed by atoms with E-state index in [0.717, 1.165) is 70.1 Å². The molecule has 3 aromatic heterocycles. The second-order valence-corrected chi connectivity index (χ2v) is 10.0. The van der Waals surface area contributed by atoms with Crippen LogP contribution in [0, 0.1) is 0 Å². The van der Waals surface area contributed by atoms with Gasteiger partial charge in [0.1, 0.15) is 24.5 Å². The molecule has 4 heterocycles. The zero-order valence-corrected chi connectivity index (χ0v) is 20.9. The quantitative estimate of drug-likeness (QED) is 0.289. The molecule has 1 amide bonds. The van der Waals surface area contributed by atoms with Gasteiger partial charge in [-0.15, -0.1) is 11.3 Å². The number of piperidine rings is 1. The van der Waals surface area contributed by atoms with Crippen LogP contribution < -0.4 is 10.1 Å². The molecule has 5 rings (SSSR count). The van der Waals surface area contributed by atoms with Crippen molar-refractivity contribution in [1.82, 2.24) is 20.2 Å². The Balaban J connectivity index is 1.23. The Hall–Kier alpha value is -3.37. The lowest BCUT2D eigenvalue weighted by Gasteiger charge is -2.26. The van der Waals surface area contributed by atoms with Crippen LogP contribution in [-0.2, 0) is 0 Å². The lowest BCUT2D eigenvalue weighted by atomic mass is 10.1. The monoisotopic (exact) mass is 528 g/mol. The van der Waals surface area contributed by atoms with Crippen molar-refractivity contribution in [3.8, 4) is 28.1 Å². The summed E-state index contributed by atoms with van der Waals surface area (Å²) in [6.07, 6.45) is 1.10. The van der Waals surface area contributed by atoms with E-state index in [1.165, 1.54) is 19.3 Å². The third-order valence-electron chi connectivity index (χ3n) is 6.37. The highest BCUT2D eigenvalue weighted by Gasteiger charge is 2.28. The topological polar surface area (TPSA) is 70.2 Å². The molecule has 0 bridgehead atoms. The van der Waals surface area contributed by atoms with Crippen molar-refractivity contribution >= 4 is 28.3 Å². The van der Waals surface area contributed by atoms with E-state index < -0.39 is 18.6 Å². The summed E-state index contributed by atoms with van der Waals surface area (Å²) in [4.78, 5) is 22.5. The molecule has 1 saturated heterocycles. The van der Waals surface area contributed by atoms with Gasteiger partial charge in [-0.05, 0) is 84.9 Å². The number of aromatic amines is 1. The average molecular weight is 529 g/mol. The van der Waals surface area contributed by atoms with Gasteiger partial charge in [0.25, 0.3) is 5.91 Å². The second kappa shape index (κ2) is 10.9. The van der Waals surface area contributed by atoms with E-state index in [9.17, 15) is 18.0 Å². The number of ether oxygens (including phenoxy) is 1. The highest BCUT2D eigenvalue weighted by Crippen LogP contribution is 2.30. The summed E-state index contributed by atoms with van der Waals surface area (Å²) < 4.78 is 43.1. The number of likely N-dealkylation sites (tertiary alicyclic amines) is 1. The number of nitrogens with one attached hydrogen (secondary N) is 2. The predicted molar refractivity (Wildman–Crippen MR) is 139 cm³/mol. The van der Waals surface area contributed by atoms with E-state index >= 15 is 0 Å². The Bertz CT molecular complexity index is 1360. The first kappa shape index (κ1) is 25.3. The molecule has 0 atom stereocenters. The SMILES string of the molecule is O=C(NCC(F)(F)F)c1cc(-c2cnc3[nH]c(-c4ccc(OCCN5CCCCC5)cc4)cc3c2)cs1. The van der Waals surface area contributed by atoms with Gasteiger partial charge in [0.15, 0.2) is 0 Å². The highest BCUT2D eigenvalue weighted by molar-refractivity contribution is 7.12. The van der Waals surface area contributed by atoms with Crippen LogP contribution in [0.5, 0.6) is 5.75 Å². The zero-order valence-electron chi connectivity index (χ0n) is 20.1. The third-order valence-corrected chi connectivity index (χ3v) is 7.30. The number of nitrogens with zero attached hydrogens (tertiary/aromatic N) is 2. The van der Waals surface area contributed by atoms with E-state index in [1.54, 1.807) is 17.6 Å². The van der Waals surface area contributed by atoms with Crippen molar-refractivity contribution in [1.29, 1.82) is 0 Å². The number of alkyl halides is 3. The molecule has 1 aromatic carbocycles. The predicted octanol–water partition coefficient (Wildman–Crippen LogP) is 6.12. The first-order chi connectivity index (χ1) is 17.8. The molecule has 0 aliphatic carbocycles. The summed E-state index contributed by atoms with van der Waals surface area (Å²) in [5.41, 5.74) is 4.14. The number of rotatable bonds is 8. The van der Waals surface area contributed by atoms with Crippen molar-refractivity contribution in [2.75, 3.05) is 32.8 Å². The van der Waals surface area contributed by atoms with Gasteiger partial charge in [0.05, 0.1) is 4.88 Å². The van der Waals surface area contributed by atoms with Gasteiger partial charge in [-0.3, -0.25) is 9.69 Å². The zero-order chi connectivity index (χ0) is 25.8. The van der Waals surface area contributed by atoms with Crippen LogP contribution in [0.2, 0.25) is 0 Å². The van der Waals surface area contributed by atoms with E-state index in [4.69, 9.17) is 4.74 Å². The van der Waals surface area contributed by atoms with Gasteiger partial charge in [0.2, 0.25) is 0 Å². The maximum absolute atomic E-state index is 12.4. The fraction of sp³-hybridized carbons (Fsp3) is 0.333. The molecular weight excluding hydrogens is 501 g/mol. The summed E-state index contributed by atoms with van der Waals surface area (Å²) in [5.74, 6) is 0.0929. The van der Waals surface area contributed by atoms with Crippen molar-refractivity contribution in [3.05, 3.63) is 58.9 Å². The minimum atomic E-state index is -4.45. The lowest BCUT2D eigenvalue weighted by Crippen LogP contribution is -2.33. The van der Waals surface area contributed by atoms with Gasteiger partial charge in [-0.2, -0.15) is 13.2 Å². The lowest BCUT2D eigenvalue weighted by molar-refractivity contribution is -0.123. The summed E-state index contributed by atoms with van der Waals surface area (Å²) >= 11 is 1.10. The summed E-state index contributed by atoms with van der Waals surface area (Å²) in [5, 5.41) is 4.53. The molecule has 10 heteroatoms. The summed E-state index contributed by atoms with van der Waals surface area (Å²) in [6, 6.07) is 13.5. The number of amides is 1. The Kier molecular flexibility index (Phi) is 7.48. The Morgan fingerprint density at radius 1 is 1.05 bits per heavy atom. The van der Waals surface area contributed by atoms with Gasteiger partial charge in [-0.25, -0.2) is 4.98 Å². The number of carbonyl (C=O) groups is 1. The minimum Gasteiger partial charge on any atom is -0.492 e. The molecule has 37 heavy (non-hydrogen) atoms. The van der Waals surface area contributed by atoms with Gasteiger partial charge >= 0.3 is 6.18 Å². The number of carbonyl (C=O) groups excluding carboxylic acids is 1. The molecule has 0 spiro atoms. The molecule has 0 unspecified atom stereocenters. The van der Waals surface area contributed by atoms with Crippen LogP contribution >= 0.6 is 11.3 Å². The normalized spacial score (nSPS) is 14.7. The molecule has 0 saturated carbocycles. The van der Waals surface area contributed by atoms with E-state index in [2.05, 4.69) is 14.9 Å². The fourth-order valence-electron chi connectivity index (χ4n) is 4.41. The van der Waals surface area contributed by atoms with Crippen molar-refractivity contribution < 1.29 is 22.7 Å². The number of hydrogen-bond acceptors (Lipinski definition) is 5. The third kappa shape index (κ3) is 6.50. The Morgan fingerprint density at radius 3 is 2.59 bits per heavy atom. The molecule has 1 aliphatic rings. The first-order valence-electron chi connectivity index (χ1n) is 12.2. The van der Waals surface area contributed by atoms with Crippen molar-refractivity contribution in [3.63, 3.8) is 0 Å². The van der Waals surface area contributed by atoms with E-state index in [0.29, 0.717) is 6.61 Å². The number of H-pyrrole nitrogens is 1. The van der Waals surface area contributed by atoms with E-state index in [-0.39, 0.29) is 4.88 Å². The number of benzene rings is 1. The van der Waals surface area contributed by atoms with Crippen molar-refractivity contribution in [2.24, 2.45) is 0 Å². The molecule has 1 aliphatic heterocycles. The molecule has 0 radical (unpaired) electrons. The average Bonchev–Trinajstić information content (AvgIpc) is 3.55. The minimum absolute atomic E-state index is 0.215. The number of halogens is 3. The van der Waals surface area contributed by atoms with Crippen LogP contribution in [0.15, 0.2) is 54.0 Å². The van der Waals surface area contributed by atoms with E-state index in [1.807, 2.05) is 41.7 Å². The first-order valence-corrected chi connectivity index (χ1v) is 13.1. The smallest absolute Gasteiger partial charge is 0.405 e. The molecule has 6 nitrogen and oxygen atoms in total. The molecule has 4 aromatic rings. The largest absolute Gasteiger partial charge is 0.492 e. The van der Waals surface area contributed by atoms with Crippen molar-refractivity contribution in [2.45, 2.75) is 25.4 Å². The van der Waals surface area contributed by atoms with Crippen LogP contribution in [0.4, 0.5) is 13.2 Å². The highest BCUT2D eigenvalue weighted by atomic mass is 32.1. The Labute approximate surface area is 216 Å². The molecule has 194 valence electrons. The van der Waals surface area contributed by atoms with Crippen LogP contribution in [-0.4, -0.2) is 59.7 Å². The molecule has 1 fully saturated rings. The van der Waals surface area contributed by atoms with Gasteiger partial charge < -0.3 is 15.0 Å². The second-order valence-electron chi connectivity index (χ2n) is 9.12. The standard InChI is InChI=1S/C27H27F3N4O2S/c28-27(29,30)17-32-26(35)24-14-21(16-37-24)20-12-19-13-23(33-25(19)31-15-20)18-4-6-22(7-5-18)36-11-10-34-8-2-1-3-9-34/h4-7,12-16H,1-3,8-11,17H2,(H,31,33)(H,32,35). The summed E-state index contributed by atoms with van der Waals surface area (Å²) in [6.45, 7) is 2.57. The molecule has 2 N–H and O–H groups in total. The number of thiophene rings is 1. The fourth-order valence-corrected chi connectivity index (χ4v) is 5.24. The van der Waals surface area contributed by atoms with Crippen LogP contribution in [0.1, 0.15) is 28.9 Å². The van der Waals surface area contributed by atoms with Gasteiger partial charge in [-0.1, -0.05) is 6.42 Å². The number of aromatic nitrogens is 2. The number of fused-ring (bicyclic) bond motifs is 1. The van der Waals surface area contributed by atoms with Crippen LogP contribution in [0.25, 0.3) is 33.4 Å². The number of pyridine rings is 1. The molecular formula is C27H27F3N4O2S. The number of hydrogen-bond donors (Lipinski definition) is 2. The van der Waals surface area contributed by atoms with Crippen LogP contribution in [0.3, 0.4) is 0 Å².